The Hall–Kier alpha value is -2.09. The zero-order valence-electron chi connectivity index (χ0n) is 14.8. The van der Waals surface area contributed by atoms with Crippen molar-refractivity contribution in [2.45, 2.75) is 52.6 Å². The second-order valence-corrected chi connectivity index (χ2v) is 6.96. The lowest BCUT2D eigenvalue weighted by Gasteiger charge is -2.18. The van der Waals surface area contributed by atoms with Crippen LogP contribution in [0.3, 0.4) is 0 Å². The predicted molar refractivity (Wildman–Crippen MR) is 99.2 cm³/mol. The van der Waals surface area contributed by atoms with Crippen LogP contribution in [0.1, 0.15) is 52.2 Å². The molecule has 2 rings (SSSR count). The lowest BCUT2D eigenvalue weighted by atomic mass is 9.87. The molecule has 0 bridgehead atoms. The van der Waals surface area contributed by atoms with Crippen LogP contribution in [0.25, 0.3) is 0 Å². The van der Waals surface area contributed by atoms with E-state index in [1.807, 2.05) is 30.5 Å². The standard InChI is InChI=1S/C21H27NO/c1-6-16(2)23-20-13-7-17(8-14-20)15-22-19-11-9-18(10-12-19)21(3,4)5/h7-16H,6H2,1-5H3. The van der Waals surface area contributed by atoms with Crippen molar-refractivity contribution in [3.05, 3.63) is 59.7 Å². The van der Waals surface area contributed by atoms with Crippen LogP contribution in [0.2, 0.25) is 0 Å². The van der Waals surface area contributed by atoms with Crippen LogP contribution in [-0.2, 0) is 5.41 Å². The van der Waals surface area contributed by atoms with Gasteiger partial charge in [0.25, 0.3) is 0 Å². The molecule has 1 atom stereocenters. The van der Waals surface area contributed by atoms with Gasteiger partial charge in [-0.15, -0.1) is 0 Å². The lowest BCUT2D eigenvalue weighted by Crippen LogP contribution is -2.10. The average molecular weight is 309 g/mol. The molecule has 0 aliphatic heterocycles. The molecule has 2 aromatic carbocycles. The molecule has 0 radical (unpaired) electrons. The molecule has 0 saturated heterocycles. The van der Waals surface area contributed by atoms with Gasteiger partial charge in [0, 0.05) is 6.21 Å². The van der Waals surface area contributed by atoms with E-state index in [1.54, 1.807) is 0 Å². The van der Waals surface area contributed by atoms with Gasteiger partial charge in [-0.2, -0.15) is 0 Å². The van der Waals surface area contributed by atoms with Gasteiger partial charge in [0.2, 0.25) is 0 Å². The summed E-state index contributed by atoms with van der Waals surface area (Å²) >= 11 is 0. The maximum absolute atomic E-state index is 5.78. The first-order valence-electron chi connectivity index (χ1n) is 8.30. The third-order valence-electron chi connectivity index (χ3n) is 3.89. The van der Waals surface area contributed by atoms with E-state index in [0.29, 0.717) is 0 Å². The summed E-state index contributed by atoms with van der Waals surface area (Å²) in [5, 5.41) is 0. The molecular formula is C21H27NO. The van der Waals surface area contributed by atoms with Crippen LogP contribution in [0.4, 0.5) is 5.69 Å². The molecule has 0 fully saturated rings. The highest BCUT2D eigenvalue weighted by Crippen LogP contribution is 2.24. The van der Waals surface area contributed by atoms with Crippen LogP contribution in [-0.4, -0.2) is 12.3 Å². The highest BCUT2D eigenvalue weighted by atomic mass is 16.5. The van der Waals surface area contributed by atoms with E-state index in [0.717, 1.165) is 23.4 Å². The molecule has 0 saturated carbocycles. The predicted octanol–water partition coefficient (Wildman–Crippen LogP) is 5.91. The Bertz CT molecular complexity index is 633. The van der Waals surface area contributed by atoms with Gasteiger partial charge in [-0.05, 0) is 66.3 Å². The number of ether oxygens (including phenoxy) is 1. The van der Waals surface area contributed by atoms with Crippen molar-refractivity contribution in [3.8, 4) is 5.75 Å². The average Bonchev–Trinajstić information content (AvgIpc) is 2.53. The topological polar surface area (TPSA) is 21.6 Å². The van der Waals surface area contributed by atoms with Crippen molar-refractivity contribution in [1.82, 2.24) is 0 Å². The molecular weight excluding hydrogens is 282 g/mol. The van der Waals surface area contributed by atoms with Gasteiger partial charge >= 0.3 is 0 Å². The fourth-order valence-electron chi connectivity index (χ4n) is 2.14. The van der Waals surface area contributed by atoms with Gasteiger partial charge in [0.15, 0.2) is 0 Å². The van der Waals surface area contributed by atoms with Gasteiger partial charge in [0.1, 0.15) is 5.75 Å². The first-order chi connectivity index (χ1) is 10.9. The van der Waals surface area contributed by atoms with E-state index >= 15 is 0 Å². The summed E-state index contributed by atoms with van der Waals surface area (Å²) in [6.07, 6.45) is 3.14. The van der Waals surface area contributed by atoms with E-state index in [1.165, 1.54) is 5.56 Å². The first-order valence-corrected chi connectivity index (χ1v) is 8.30. The lowest BCUT2D eigenvalue weighted by molar-refractivity contribution is 0.217. The van der Waals surface area contributed by atoms with Crippen LogP contribution in [0.5, 0.6) is 5.75 Å². The molecule has 2 heteroatoms. The fraction of sp³-hybridized carbons (Fsp3) is 0.381. The Labute approximate surface area is 140 Å². The highest BCUT2D eigenvalue weighted by Gasteiger charge is 2.12. The Balaban J connectivity index is 2.02. The number of hydrogen-bond donors (Lipinski definition) is 0. The van der Waals surface area contributed by atoms with Crippen LogP contribution < -0.4 is 4.74 Å². The molecule has 0 amide bonds. The van der Waals surface area contributed by atoms with Crippen molar-refractivity contribution in [3.63, 3.8) is 0 Å². The van der Waals surface area contributed by atoms with E-state index in [4.69, 9.17) is 4.74 Å². The van der Waals surface area contributed by atoms with Crippen molar-refractivity contribution in [1.29, 1.82) is 0 Å². The third-order valence-corrected chi connectivity index (χ3v) is 3.89. The molecule has 0 aliphatic carbocycles. The molecule has 2 aromatic rings. The second-order valence-electron chi connectivity index (χ2n) is 6.96. The minimum atomic E-state index is 0.174. The SMILES string of the molecule is CCC(C)Oc1ccc(C=Nc2ccc(C(C)(C)C)cc2)cc1. The van der Waals surface area contributed by atoms with Crippen LogP contribution in [0, 0.1) is 0 Å². The quantitative estimate of drug-likeness (QED) is 0.629. The van der Waals surface area contributed by atoms with Crippen molar-refractivity contribution >= 4 is 11.9 Å². The number of nitrogens with zero attached hydrogens (tertiary/aromatic N) is 1. The largest absolute Gasteiger partial charge is 0.491 e. The summed E-state index contributed by atoms with van der Waals surface area (Å²) in [5.41, 5.74) is 3.54. The maximum atomic E-state index is 5.78. The van der Waals surface area contributed by atoms with Crippen molar-refractivity contribution in [2.75, 3.05) is 0 Å². The molecule has 0 heterocycles. The van der Waals surface area contributed by atoms with E-state index in [-0.39, 0.29) is 11.5 Å². The van der Waals surface area contributed by atoms with Gasteiger partial charge in [-0.3, -0.25) is 4.99 Å². The zero-order chi connectivity index (χ0) is 16.9. The minimum absolute atomic E-state index is 0.174. The molecule has 122 valence electrons. The van der Waals surface area contributed by atoms with Gasteiger partial charge in [-0.1, -0.05) is 39.8 Å². The minimum Gasteiger partial charge on any atom is -0.491 e. The summed E-state index contributed by atoms with van der Waals surface area (Å²) < 4.78 is 5.78. The summed E-state index contributed by atoms with van der Waals surface area (Å²) in [4.78, 5) is 4.54. The molecule has 0 spiro atoms. The smallest absolute Gasteiger partial charge is 0.119 e. The molecule has 1 unspecified atom stereocenters. The summed E-state index contributed by atoms with van der Waals surface area (Å²) in [5.74, 6) is 0.908. The number of rotatable bonds is 5. The zero-order valence-corrected chi connectivity index (χ0v) is 14.8. The van der Waals surface area contributed by atoms with Crippen molar-refractivity contribution in [2.24, 2.45) is 4.99 Å². The first kappa shape index (κ1) is 17.3. The van der Waals surface area contributed by atoms with Crippen LogP contribution in [0.15, 0.2) is 53.5 Å². The molecule has 0 N–H and O–H groups in total. The van der Waals surface area contributed by atoms with E-state index in [9.17, 15) is 0 Å². The molecule has 0 aliphatic rings. The highest BCUT2D eigenvalue weighted by molar-refractivity contribution is 5.82. The van der Waals surface area contributed by atoms with Crippen molar-refractivity contribution < 1.29 is 4.74 Å². The summed E-state index contributed by atoms with van der Waals surface area (Å²) in [7, 11) is 0. The number of benzene rings is 2. The van der Waals surface area contributed by atoms with Gasteiger partial charge in [-0.25, -0.2) is 0 Å². The van der Waals surface area contributed by atoms with Crippen LogP contribution >= 0.6 is 0 Å². The fourth-order valence-corrected chi connectivity index (χ4v) is 2.14. The van der Waals surface area contributed by atoms with E-state index < -0.39 is 0 Å². The summed E-state index contributed by atoms with van der Waals surface area (Å²) in [6.45, 7) is 10.9. The molecule has 23 heavy (non-hydrogen) atoms. The Morgan fingerprint density at radius 3 is 2.13 bits per heavy atom. The maximum Gasteiger partial charge on any atom is 0.119 e. The number of hydrogen-bond acceptors (Lipinski definition) is 2. The van der Waals surface area contributed by atoms with E-state index in [2.05, 4.69) is 63.9 Å². The molecule has 0 aromatic heterocycles. The second kappa shape index (κ2) is 7.45. The normalized spacial score (nSPS) is 13.3. The Kier molecular flexibility index (Phi) is 5.59. The van der Waals surface area contributed by atoms with Gasteiger partial charge < -0.3 is 4.74 Å². The number of aliphatic imine (C=N–C) groups is 1. The summed E-state index contributed by atoms with van der Waals surface area (Å²) in [6, 6.07) is 16.5. The third kappa shape index (κ3) is 5.24. The Morgan fingerprint density at radius 1 is 1.00 bits per heavy atom. The Morgan fingerprint density at radius 2 is 1.61 bits per heavy atom. The monoisotopic (exact) mass is 309 g/mol. The van der Waals surface area contributed by atoms with Gasteiger partial charge in [0.05, 0.1) is 11.8 Å². The molecule has 2 nitrogen and oxygen atoms in total.